The summed E-state index contributed by atoms with van der Waals surface area (Å²) in [6, 6.07) is 18.8. The number of unbranched alkanes of at least 4 members (excludes halogenated alkanes) is 1. The van der Waals surface area contributed by atoms with Gasteiger partial charge in [-0.3, -0.25) is 4.90 Å². The van der Waals surface area contributed by atoms with Crippen LogP contribution in [0.5, 0.6) is 0 Å². The molecule has 170 valence electrons. The van der Waals surface area contributed by atoms with Crippen molar-refractivity contribution in [3.63, 3.8) is 0 Å². The minimum Gasteiger partial charge on any atom is -0.369 e. The average molecular weight is 433 g/mol. The van der Waals surface area contributed by atoms with Crippen molar-refractivity contribution in [3.05, 3.63) is 72.1 Å². The molecule has 3 rings (SSSR count). The highest BCUT2D eigenvalue weighted by atomic mass is 15.3. The van der Waals surface area contributed by atoms with Gasteiger partial charge in [-0.15, -0.1) is 0 Å². The molecule has 0 aromatic heterocycles. The minimum atomic E-state index is 0.285. The zero-order valence-corrected chi connectivity index (χ0v) is 19.6. The van der Waals surface area contributed by atoms with Crippen LogP contribution in [-0.2, 0) is 0 Å². The lowest BCUT2D eigenvalue weighted by molar-refractivity contribution is 0.291. The fourth-order valence-electron chi connectivity index (χ4n) is 3.70. The monoisotopic (exact) mass is 432 g/mol. The first kappa shape index (κ1) is 23.5. The molecule has 1 heterocycles. The van der Waals surface area contributed by atoms with E-state index in [4.69, 9.17) is 5.73 Å². The van der Waals surface area contributed by atoms with Gasteiger partial charge in [-0.1, -0.05) is 49.2 Å². The molecule has 1 fully saturated rings. The van der Waals surface area contributed by atoms with Gasteiger partial charge >= 0.3 is 0 Å². The summed E-state index contributed by atoms with van der Waals surface area (Å²) in [7, 11) is 0. The van der Waals surface area contributed by atoms with Crippen LogP contribution in [0, 0.1) is 6.92 Å². The van der Waals surface area contributed by atoms with Gasteiger partial charge in [0, 0.05) is 49.8 Å². The molecule has 1 aliphatic heterocycles. The average Bonchev–Trinajstić information content (AvgIpc) is 2.80. The molecule has 2 aromatic carbocycles. The van der Waals surface area contributed by atoms with E-state index in [1.807, 2.05) is 19.1 Å². The highest BCUT2D eigenvalue weighted by Gasteiger charge is 2.17. The Morgan fingerprint density at radius 1 is 1.00 bits per heavy atom. The molecule has 1 saturated heterocycles. The summed E-state index contributed by atoms with van der Waals surface area (Å²) in [5.74, 6) is 1.02. The van der Waals surface area contributed by atoms with E-state index in [9.17, 15) is 0 Å². The number of para-hydroxylation sites is 1. The Bertz CT molecular complexity index is 923. The van der Waals surface area contributed by atoms with Gasteiger partial charge in [0.25, 0.3) is 0 Å². The maximum absolute atomic E-state index is 6.18. The molecule has 0 saturated carbocycles. The van der Waals surface area contributed by atoms with Crippen LogP contribution in [0.1, 0.15) is 32.3 Å². The number of anilines is 2. The van der Waals surface area contributed by atoms with E-state index in [0.717, 1.165) is 62.8 Å². The molecule has 1 aliphatic rings. The van der Waals surface area contributed by atoms with Crippen molar-refractivity contribution < 1.29 is 0 Å². The van der Waals surface area contributed by atoms with Crippen molar-refractivity contribution in [2.45, 2.75) is 33.6 Å². The van der Waals surface area contributed by atoms with Gasteiger partial charge in [-0.25, -0.2) is 4.99 Å². The zero-order chi connectivity index (χ0) is 22.8. The number of piperazine rings is 1. The number of rotatable bonds is 8. The highest BCUT2D eigenvalue weighted by Crippen LogP contribution is 2.16. The van der Waals surface area contributed by atoms with Crippen molar-refractivity contribution in [1.29, 1.82) is 0 Å². The standard InChI is InChI=1S/C26H36N6/c1-4-5-11-25(29-23-14-12-21(2)13-15-23)30-26(27)28-22(3)20-31-16-18-32(19-17-31)24-9-7-6-8-10-24/h6-15,29H,4-5,16-20H2,1-3H3,(H2,27,30)/b25-11+,28-22+. The molecule has 0 bridgehead atoms. The van der Waals surface area contributed by atoms with Crippen molar-refractivity contribution >= 4 is 23.0 Å². The zero-order valence-electron chi connectivity index (χ0n) is 19.6. The highest BCUT2D eigenvalue weighted by molar-refractivity contribution is 5.96. The summed E-state index contributed by atoms with van der Waals surface area (Å²) >= 11 is 0. The number of hydrogen-bond donors (Lipinski definition) is 2. The van der Waals surface area contributed by atoms with E-state index in [0.29, 0.717) is 0 Å². The molecule has 6 nitrogen and oxygen atoms in total. The molecule has 2 aromatic rings. The molecular formula is C26H36N6. The van der Waals surface area contributed by atoms with Gasteiger partial charge in [0.15, 0.2) is 0 Å². The van der Waals surface area contributed by atoms with Crippen LogP contribution in [0.15, 0.2) is 76.5 Å². The van der Waals surface area contributed by atoms with E-state index < -0.39 is 0 Å². The van der Waals surface area contributed by atoms with Gasteiger partial charge in [-0.2, -0.15) is 4.99 Å². The van der Waals surface area contributed by atoms with Gasteiger partial charge in [0.1, 0.15) is 5.82 Å². The van der Waals surface area contributed by atoms with E-state index in [2.05, 4.69) is 87.5 Å². The molecule has 3 N–H and O–H groups in total. The Morgan fingerprint density at radius 2 is 1.69 bits per heavy atom. The van der Waals surface area contributed by atoms with Crippen molar-refractivity contribution in [1.82, 2.24) is 4.90 Å². The first-order chi connectivity index (χ1) is 15.5. The quantitative estimate of drug-likeness (QED) is 0.471. The SMILES string of the molecule is CCC/C=C(/N=C(N)\N=C(/C)CN1CCN(c2ccccc2)CC1)Nc1ccc(C)cc1. The summed E-state index contributed by atoms with van der Waals surface area (Å²) in [5.41, 5.74) is 10.7. The normalized spacial score (nSPS) is 16.3. The summed E-state index contributed by atoms with van der Waals surface area (Å²) in [6.45, 7) is 11.1. The molecule has 0 unspecified atom stereocenters. The Morgan fingerprint density at radius 3 is 2.34 bits per heavy atom. The number of benzene rings is 2. The topological polar surface area (TPSA) is 69.2 Å². The third-order valence-corrected chi connectivity index (χ3v) is 5.44. The van der Waals surface area contributed by atoms with E-state index in [1.54, 1.807) is 0 Å². The third-order valence-electron chi connectivity index (χ3n) is 5.44. The van der Waals surface area contributed by atoms with Crippen molar-refractivity contribution in [3.8, 4) is 0 Å². The molecule has 0 atom stereocenters. The number of nitrogens with two attached hydrogens (primary N) is 1. The van der Waals surface area contributed by atoms with E-state index in [-0.39, 0.29) is 5.96 Å². The molecule has 32 heavy (non-hydrogen) atoms. The number of hydrogen-bond acceptors (Lipinski definition) is 4. The van der Waals surface area contributed by atoms with Crippen LogP contribution >= 0.6 is 0 Å². The lowest BCUT2D eigenvalue weighted by Crippen LogP contribution is -2.47. The second-order valence-electron chi connectivity index (χ2n) is 8.28. The van der Waals surface area contributed by atoms with Crippen LogP contribution in [0.2, 0.25) is 0 Å². The van der Waals surface area contributed by atoms with Gasteiger partial charge in [0.2, 0.25) is 5.96 Å². The Labute approximate surface area is 192 Å². The number of nitrogens with one attached hydrogen (secondary N) is 1. The van der Waals surface area contributed by atoms with Crippen LogP contribution < -0.4 is 16.0 Å². The predicted octanol–water partition coefficient (Wildman–Crippen LogP) is 4.65. The second kappa shape index (κ2) is 12.1. The number of allylic oxidation sites excluding steroid dienone is 1. The molecule has 6 heteroatoms. The number of guanidine groups is 1. The summed E-state index contributed by atoms with van der Waals surface area (Å²) in [5, 5.41) is 3.36. The van der Waals surface area contributed by atoms with Crippen LogP contribution in [0.4, 0.5) is 11.4 Å². The lowest BCUT2D eigenvalue weighted by atomic mass is 10.2. The first-order valence-electron chi connectivity index (χ1n) is 11.5. The Kier molecular flexibility index (Phi) is 8.87. The lowest BCUT2D eigenvalue weighted by Gasteiger charge is -2.36. The van der Waals surface area contributed by atoms with Gasteiger partial charge in [0.05, 0.1) is 0 Å². The fourth-order valence-corrected chi connectivity index (χ4v) is 3.70. The molecular weight excluding hydrogens is 396 g/mol. The number of aliphatic imine (C=N–C) groups is 2. The van der Waals surface area contributed by atoms with Crippen molar-refractivity contribution in [2.75, 3.05) is 42.9 Å². The first-order valence-corrected chi connectivity index (χ1v) is 11.5. The van der Waals surface area contributed by atoms with Crippen LogP contribution in [0.25, 0.3) is 0 Å². The van der Waals surface area contributed by atoms with Crippen LogP contribution in [0.3, 0.4) is 0 Å². The maximum Gasteiger partial charge on any atom is 0.221 e. The van der Waals surface area contributed by atoms with E-state index in [1.165, 1.54) is 11.3 Å². The predicted molar refractivity (Wildman–Crippen MR) is 138 cm³/mol. The van der Waals surface area contributed by atoms with Crippen LogP contribution in [-0.4, -0.2) is 49.3 Å². The number of nitrogens with zero attached hydrogens (tertiary/aromatic N) is 4. The Hall–Kier alpha value is -3.12. The van der Waals surface area contributed by atoms with Gasteiger partial charge in [-0.05, 0) is 50.6 Å². The third kappa shape index (κ3) is 7.54. The second-order valence-corrected chi connectivity index (χ2v) is 8.28. The smallest absolute Gasteiger partial charge is 0.221 e. The minimum absolute atomic E-state index is 0.285. The van der Waals surface area contributed by atoms with E-state index >= 15 is 0 Å². The maximum atomic E-state index is 6.18. The molecule has 0 amide bonds. The summed E-state index contributed by atoms with van der Waals surface area (Å²) < 4.78 is 0. The molecule has 0 spiro atoms. The molecule has 0 aliphatic carbocycles. The summed E-state index contributed by atoms with van der Waals surface area (Å²) in [6.07, 6.45) is 4.05. The van der Waals surface area contributed by atoms with Gasteiger partial charge < -0.3 is 16.0 Å². The van der Waals surface area contributed by atoms with Crippen molar-refractivity contribution in [2.24, 2.45) is 15.7 Å². The fraction of sp³-hybridized carbons (Fsp3) is 0.385. The number of aryl methyl sites for hydroxylation is 1. The summed E-state index contributed by atoms with van der Waals surface area (Å²) in [4.78, 5) is 14.0. The largest absolute Gasteiger partial charge is 0.369 e. The Balaban J connectivity index is 1.57. The molecule has 0 radical (unpaired) electrons.